The molecule has 0 radical (unpaired) electrons. The van der Waals surface area contributed by atoms with Crippen molar-refractivity contribution in [2.45, 2.75) is 6.42 Å². The van der Waals surface area contributed by atoms with Gasteiger partial charge in [0.15, 0.2) is 5.78 Å². The molecule has 0 atom stereocenters. The molecular formula is C29H24N2O. The van der Waals surface area contributed by atoms with Crippen LogP contribution in [0.25, 0.3) is 5.57 Å². The first-order chi connectivity index (χ1) is 15.7. The van der Waals surface area contributed by atoms with E-state index < -0.39 is 0 Å². The molecule has 0 spiro atoms. The van der Waals surface area contributed by atoms with Gasteiger partial charge in [0, 0.05) is 30.4 Å². The minimum absolute atomic E-state index is 0.0950. The van der Waals surface area contributed by atoms with Gasteiger partial charge in [0.1, 0.15) is 0 Å². The van der Waals surface area contributed by atoms with Crippen molar-refractivity contribution in [1.29, 1.82) is 0 Å². The van der Waals surface area contributed by atoms with Crippen LogP contribution in [0.2, 0.25) is 0 Å². The van der Waals surface area contributed by atoms with Gasteiger partial charge in [-0.25, -0.2) is 0 Å². The predicted octanol–water partition coefficient (Wildman–Crippen LogP) is 6.71. The van der Waals surface area contributed by atoms with Gasteiger partial charge in [0.25, 0.3) is 0 Å². The molecule has 0 amide bonds. The lowest BCUT2D eigenvalue weighted by Crippen LogP contribution is -2.05. The molecule has 4 aromatic rings. The van der Waals surface area contributed by atoms with Gasteiger partial charge in [-0.3, -0.25) is 4.79 Å². The van der Waals surface area contributed by atoms with Crippen molar-refractivity contribution < 1.29 is 4.79 Å². The Kier molecular flexibility index (Phi) is 5.30. The number of rotatable bonds is 6. The Balaban J connectivity index is 1.60. The van der Waals surface area contributed by atoms with E-state index in [2.05, 4.69) is 41.0 Å². The van der Waals surface area contributed by atoms with Crippen LogP contribution in [0.5, 0.6) is 0 Å². The molecule has 1 aliphatic carbocycles. The molecule has 0 aromatic heterocycles. The number of carbonyl (C=O) groups is 1. The first-order valence-electron chi connectivity index (χ1n) is 10.8. The van der Waals surface area contributed by atoms with Crippen molar-refractivity contribution in [2.75, 3.05) is 17.7 Å². The minimum atomic E-state index is 0.0950. The fourth-order valence-electron chi connectivity index (χ4n) is 4.32. The van der Waals surface area contributed by atoms with E-state index >= 15 is 0 Å². The third-order valence-electron chi connectivity index (χ3n) is 5.88. The summed E-state index contributed by atoms with van der Waals surface area (Å²) >= 11 is 0. The highest BCUT2D eigenvalue weighted by Gasteiger charge is 2.32. The van der Waals surface area contributed by atoms with E-state index in [-0.39, 0.29) is 5.78 Å². The molecule has 0 saturated heterocycles. The summed E-state index contributed by atoms with van der Waals surface area (Å²) in [5.74, 6) is 0.0950. The summed E-state index contributed by atoms with van der Waals surface area (Å²) in [4.78, 5) is 13.8. The number of hydrogen-bond donors (Lipinski definition) is 2. The Morgan fingerprint density at radius 1 is 0.688 bits per heavy atom. The molecule has 0 heterocycles. The summed E-state index contributed by atoms with van der Waals surface area (Å²) in [7, 11) is 1.90. The van der Waals surface area contributed by atoms with E-state index in [1.807, 2.05) is 79.8 Å². The molecular weight excluding hydrogens is 392 g/mol. The fraction of sp³-hybridized carbons (Fsp3) is 0.0690. The zero-order valence-electron chi connectivity index (χ0n) is 17.9. The number of Topliss-reactive ketones (excluding diaryl/α,β-unsaturated/α-hetero) is 1. The number of fused-ring (bicyclic) bond motifs is 1. The number of anilines is 3. The van der Waals surface area contributed by atoms with Crippen LogP contribution in [0.1, 0.15) is 27.0 Å². The molecule has 3 nitrogen and oxygen atoms in total. The van der Waals surface area contributed by atoms with Crippen LogP contribution < -0.4 is 10.6 Å². The van der Waals surface area contributed by atoms with Crippen LogP contribution in [0, 0.1) is 0 Å². The second-order valence-electron chi connectivity index (χ2n) is 7.89. The number of ketones is 1. The standard InChI is InChI=1S/C29H24N2O/c1-30-22-15-17-23(18-16-22)31-26-14-8-13-24-27(21-11-6-3-7-12-21)25(29(32)28(24)26)19-20-9-4-2-5-10-20/h2-18,30-31H,19H2,1H3. The van der Waals surface area contributed by atoms with Crippen LogP contribution in [-0.4, -0.2) is 12.8 Å². The van der Waals surface area contributed by atoms with E-state index in [1.54, 1.807) is 0 Å². The van der Waals surface area contributed by atoms with Crippen LogP contribution >= 0.6 is 0 Å². The summed E-state index contributed by atoms with van der Waals surface area (Å²) in [6.07, 6.45) is 0.606. The summed E-state index contributed by atoms with van der Waals surface area (Å²) in [5.41, 5.74) is 8.64. The Labute approximate surface area is 188 Å². The monoisotopic (exact) mass is 416 g/mol. The molecule has 156 valence electrons. The molecule has 3 heteroatoms. The van der Waals surface area contributed by atoms with Gasteiger partial charge in [0.2, 0.25) is 0 Å². The zero-order chi connectivity index (χ0) is 21.9. The Bertz CT molecular complexity index is 1290. The normalized spacial score (nSPS) is 12.6. The van der Waals surface area contributed by atoms with Crippen LogP contribution in [0.3, 0.4) is 0 Å². The molecule has 0 saturated carbocycles. The average molecular weight is 417 g/mol. The minimum Gasteiger partial charge on any atom is -0.388 e. The number of allylic oxidation sites excluding steroid dienone is 1. The smallest absolute Gasteiger partial charge is 0.192 e. The van der Waals surface area contributed by atoms with Gasteiger partial charge in [0.05, 0.1) is 11.3 Å². The molecule has 2 N–H and O–H groups in total. The van der Waals surface area contributed by atoms with Gasteiger partial charge < -0.3 is 10.6 Å². The van der Waals surface area contributed by atoms with Crippen molar-refractivity contribution in [2.24, 2.45) is 0 Å². The topological polar surface area (TPSA) is 41.1 Å². The van der Waals surface area contributed by atoms with Crippen molar-refractivity contribution in [3.8, 4) is 0 Å². The number of benzene rings is 4. The maximum Gasteiger partial charge on any atom is 0.192 e. The second kappa shape index (κ2) is 8.56. The van der Waals surface area contributed by atoms with Gasteiger partial charge in [-0.1, -0.05) is 72.8 Å². The molecule has 0 fully saturated rings. The fourth-order valence-corrected chi connectivity index (χ4v) is 4.32. The largest absolute Gasteiger partial charge is 0.388 e. The molecule has 32 heavy (non-hydrogen) atoms. The van der Waals surface area contributed by atoms with E-state index in [1.165, 1.54) is 0 Å². The molecule has 1 aliphatic rings. The SMILES string of the molecule is CNc1ccc(Nc2cccc3c2C(=O)C(Cc2ccccc2)=C3c2ccccc2)cc1. The lowest BCUT2D eigenvalue weighted by atomic mass is 9.94. The second-order valence-corrected chi connectivity index (χ2v) is 7.89. The van der Waals surface area contributed by atoms with E-state index in [0.717, 1.165) is 50.5 Å². The Hall–Kier alpha value is -4.11. The number of carbonyl (C=O) groups excluding carboxylic acids is 1. The molecule has 0 unspecified atom stereocenters. The van der Waals surface area contributed by atoms with Crippen molar-refractivity contribution in [3.05, 3.63) is 131 Å². The van der Waals surface area contributed by atoms with Gasteiger partial charge in [-0.15, -0.1) is 0 Å². The van der Waals surface area contributed by atoms with Gasteiger partial charge in [-0.2, -0.15) is 0 Å². The molecule has 5 rings (SSSR count). The van der Waals surface area contributed by atoms with E-state index in [0.29, 0.717) is 6.42 Å². The zero-order valence-corrected chi connectivity index (χ0v) is 17.9. The quantitative estimate of drug-likeness (QED) is 0.367. The first-order valence-corrected chi connectivity index (χ1v) is 10.8. The van der Waals surface area contributed by atoms with E-state index in [4.69, 9.17) is 0 Å². The lowest BCUT2D eigenvalue weighted by molar-refractivity contribution is 0.103. The van der Waals surface area contributed by atoms with Crippen LogP contribution in [0.15, 0.2) is 109 Å². The highest BCUT2D eigenvalue weighted by molar-refractivity contribution is 6.25. The highest BCUT2D eigenvalue weighted by Crippen LogP contribution is 2.42. The predicted molar refractivity (Wildman–Crippen MR) is 133 cm³/mol. The average Bonchev–Trinajstić information content (AvgIpc) is 3.13. The maximum atomic E-state index is 13.8. The highest BCUT2D eigenvalue weighted by atomic mass is 16.1. The number of nitrogens with one attached hydrogen (secondary N) is 2. The van der Waals surface area contributed by atoms with Gasteiger partial charge >= 0.3 is 0 Å². The van der Waals surface area contributed by atoms with Crippen molar-refractivity contribution >= 4 is 28.4 Å². The van der Waals surface area contributed by atoms with Crippen LogP contribution in [-0.2, 0) is 6.42 Å². The third kappa shape index (κ3) is 3.69. The van der Waals surface area contributed by atoms with Crippen molar-refractivity contribution in [1.82, 2.24) is 0 Å². The molecule has 0 bridgehead atoms. The summed E-state index contributed by atoms with van der Waals surface area (Å²) in [5, 5.41) is 6.60. The Morgan fingerprint density at radius 3 is 2.03 bits per heavy atom. The van der Waals surface area contributed by atoms with E-state index in [9.17, 15) is 4.79 Å². The molecule has 4 aromatic carbocycles. The number of hydrogen-bond acceptors (Lipinski definition) is 3. The summed E-state index contributed by atoms with van der Waals surface area (Å²) in [6.45, 7) is 0. The Morgan fingerprint density at radius 2 is 1.34 bits per heavy atom. The van der Waals surface area contributed by atoms with Crippen molar-refractivity contribution in [3.63, 3.8) is 0 Å². The lowest BCUT2D eigenvalue weighted by Gasteiger charge is -2.12. The maximum absolute atomic E-state index is 13.8. The first kappa shape index (κ1) is 19.8. The third-order valence-corrected chi connectivity index (χ3v) is 5.88. The molecule has 0 aliphatic heterocycles. The van der Waals surface area contributed by atoms with Crippen LogP contribution in [0.4, 0.5) is 17.1 Å². The van der Waals surface area contributed by atoms with Gasteiger partial charge in [-0.05, 0) is 52.6 Å². The summed E-state index contributed by atoms with van der Waals surface area (Å²) in [6, 6.07) is 34.5. The summed E-state index contributed by atoms with van der Waals surface area (Å²) < 4.78 is 0.